The molecule has 4 rings (SSSR count). The van der Waals surface area contributed by atoms with Crippen LogP contribution in [-0.4, -0.2) is 14.4 Å². The molecule has 0 radical (unpaired) electrons. The van der Waals surface area contributed by atoms with Crippen molar-refractivity contribution in [1.82, 2.24) is 0 Å². The molecule has 0 spiro atoms. The lowest BCUT2D eigenvalue weighted by molar-refractivity contribution is 0.185. The summed E-state index contributed by atoms with van der Waals surface area (Å²) in [6.45, 7) is 15.5. The lowest BCUT2D eigenvalue weighted by Gasteiger charge is -2.38. The summed E-state index contributed by atoms with van der Waals surface area (Å²) in [5.74, 6) is 0.645. The summed E-state index contributed by atoms with van der Waals surface area (Å²) in [5, 5.41) is 9.81. The highest BCUT2D eigenvalue weighted by Gasteiger charge is 2.41. The Kier molecular flexibility index (Phi) is 6.79. The van der Waals surface area contributed by atoms with Crippen LogP contribution in [0.4, 0.5) is 0 Å². The molecule has 0 fully saturated rings. The van der Waals surface area contributed by atoms with Crippen LogP contribution in [0.5, 0.6) is 5.75 Å². The second-order valence-corrected chi connectivity index (χ2v) is 16.8. The zero-order chi connectivity index (χ0) is 24.7. The van der Waals surface area contributed by atoms with Crippen LogP contribution in [0.2, 0.25) is 18.1 Å². The van der Waals surface area contributed by atoms with Crippen molar-refractivity contribution in [1.29, 1.82) is 5.26 Å². The first-order chi connectivity index (χ1) is 16.0. The van der Waals surface area contributed by atoms with E-state index in [0.717, 1.165) is 23.3 Å². The van der Waals surface area contributed by atoms with Crippen molar-refractivity contribution in [2.45, 2.75) is 77.8 Å². The number of nitriles is 1. The second kappa shape index (κ2) is 9.34. The van der Waals surface area contributed by atoms with Crippen molar-refractivity contribution in [2.24, 2.45) is 0 Å². The number of hydrogen-bond acceptors (Lipinski definition) is 4. The Bertz CT molecular complexity index is 1230. The van der Waals surface area contributed by atoms with E-state index in [0.29, 0.717) is 11.3 Å². The molecule has 1 aliphatic rings. The van der Waals surface area contributed by atoms with Crippen molar-refractivity contribution >= 4 is 19.7 Å². The van der Waals surface area contributed by atoms with Crippen molar-refractivity contribution in [2.75, 3.05) is 0 Å². The maximum Gasteiger partial charge on any atom is 0.192 e. The minimum absolute atomic E-state index is 0.0379. The molecule has 2 aromatic carbocycles. The minimum Gasteiger partial charge on any atom is -0.490 e. The third-order valence-corrected chi connectivity index (χ3v) is 12.7. The van der Waals surface area contributed by atoms with E-state index in [1.165, 1.54) is 21.6 Å². The predicted molar refractivity (Wildman–Crippen MR) is 145 cm³/mol. The smallest absolute Gasteiger partial charge is 0.192 e. The molecule has 3 aromatic rings. The molecule has 34 heavy (non-hydrogen) atoms. The summed E-state index contributed by atoms with van der Waals surface area (Å²) < 4.78 is 12.6. The van der Waals surface area contributed by atoms with Crippen LogP contribution in [0.25, 0.3) is 20.9 Å². The van der Waals surface area contributed by atoms with Gasteiger partial charge in [-0.3, -0.25) is 0 Å². The quantitative estimate of drug-likeness (QED) is 0.325. The van der Waals surface area contributed by atoms with Gasteiger partial charge in [-0.2, -0.15) is 5.26 Å². The molecule has 178 valence electrons. The molecule has 1 unspecified atom stereocenters. The van der Waals surface area contributed by atoms with Crippen LogP contribution in [0.1, 0.15) is 63.8 Å². The van der Waals surface area contributed by atoms with Gasteiger partial charge >= 0.3 is 0 Å². The van der Waals surface area contributed by atoms with Crippen molar-refractivity contribution < 1.29 is 9.16 Å². The highest BCUT2D eigenvalue weighted by Crippen LogP contribution is 2.47. The SMILES string of the molecule is CC(C)Oc1ccc(-c2ccc(-c3cccc4c3CCC4O[Si](C)(C)C(C)(C)C)s2)cc1C#N. The van der Waals surface area contributed by atoms with Gasteiger partial charge in [0.25, 0.3) is 0 Å². The number of fused-ring (bicyclic) bond motifs is 1. The molecule has 0 saturated heterocycles. The summed E-state index contributed by atoms with van der Waals surface area (Å²) in [5.41, 5.74) is 5.73. The third kappa shape index (κ3) is 4.86. The van der Waals surface area contributed by atoms with E-state index in [2.05, 4.69) is 70.3 Å². The topological polar surface area (TPSA) is 42.2 Å². The van der Waals surface area contributed by atoms with E-state index in [1.54, 1.807) is 11.3 Å². The molecular formula is C29H35NO2SSi. The number of ether oxygens (including phenoxy) is 1. The Morgan fingerprint density at radius 1 is 1.06 bits per heavy atom. The van der Waals surface area contributed by atoms with Gasteiger partial charge < -0.3 is 9.16 Å². The Labute approximate surface area is 209 Å². The van der Waals surface area contributed by atoms with E-state index in [4.69, 9.17) is 9.16 Å². The fourth-order valence-corrected chi connectivity index (χ4v) is 6.63. The maximum absolute atomic E-state index is 9.61. The largest absolute Gasteiger partial charge is 0.490 e. The van der Waals surface area contributed by atoms with Gasteiger partial charge in [-0.05, 0) is 97.4 Å². The Morgan fingerprint density at radius 3 is 2.47 bits per heavy atom. The maximum atomic E-state index is 9.61. The molecule has 1 atom stereocenters. The van der Waals surface area contributed by atoms with Gasteiger partial charge in [-0.1, -0.05) is 39.0 Å². The lowest BCUT2D eigenvalue weighted by Crippen LogP contribution is -2.41. The van der Waals surface area contributed by atoms with Gasteiger partial charge in [0.15, 0.2) is 8.32 Å². The summed E-state index contributed by atoms with van der Waals surface area (Å²) in [6, 6.07) is 19.2. The number of benzene rings is 2. The molecule has 0 bridgehead atoms. The van der Waals surface area contributed by atoms with Crippen LogP contribution in [0.15, 0.2) is 48.5 Å². The third-order valence-electron chi connectivity index (χ3n) is 7.08. The standard InChI is InChI=1S/C29H35NO2SSi/c1-19(2)31-25-13-11-20(17-21(25)18-30)27-15-16-28(33-27)24-10-8-9-23-22(24)12-14-26(23)32-34(6,7)29(3,4)5/h8-11,13,15-17,19,26H,12,14H2,1-7H3. The number of nitrogens with zero attached hydrogens (tertiary/aromatic N) is 1. The predicted octanol–water partition coefficient (Wildman–Crippen LogP) is 8.75. The van der Waals surface area contributed by atoms with Crippen molar-refractivity contribution in [3.8, 4) is 32.7 Å². The highest BCUT2D eigenvalue weighted by atomic mass is 32.1. The fourth-order valence-electron chi connectivity index (χ4n) is 4.27. The fraction of sp³-hybridized carbons (Fsp3) is 0.414. The van der Waals surface area contributed by atoms with E-state index in [1.807, 2.05) is 32.0 Å². The van der Waals surface area contributed by atoms with Gasteiger partial charge in [0, 0.05) is 9.75 Å². The van der Waals surface area contributed by atoms with Gasteiger partial charge in [-0.15, -0.1) is 11.3 Å². The monoisotopic (exact) mass is 489 g/mol. The van der Waals surface area contributed by atoms with Gasteiger partial charge in [0.05, 0.1) is 17.8 Å². The Balaban J connectivity index is 1.63. The first-order valence-corrected chi connectivity index (χ1v) is 15.8. The first kappa shape index (κ1) is 24.7. The van der Waals surface area contributed by atoms with Gasteiger partial charge in [0.1, 0.15) is 11.8 Å². The average Bonchev–Trinajstić information content (AvgIpc) is 3.40. The summed E-state index contributed by atoms with van der Waals surface area (Å²) in [4.78, 5) is 2.42. The molecule has 0 aliphatic heterocycles. The van der Waals surface area contributed by atoms with Crippen molar-refractivity contribution in [3.63, 3.8) is 0 Å². The summed E-state index contributed by atoms with van der Waals surface area (Å²) >= 11 is 1.78. The normalized spacial score (nSPS) is 15.9. The number of hydrogen-bond donors (Lipinski definition) is 0. The molecule has 0 amide bonds. The molecule has 0 saturated carbocycles. The van der Waals surface area contributed by atoms with Gasteiger partial charge in [-0.25, -0.2) is 0 Å². The van der Waals surface area contributed by atoms with Crippen LogP contribution in [0.3, 0.4) is 0 Å². The molecule has 1 aromatic heterocycles. The Morgan fingerprint density at radius 2 is 1.79 bits per heavy atom. The molecule has 5 heteroatoms. The zero-order valence-electron chi connectivity index (χ0n) is 21.4. The number of thiophene rings is 1. The average molecular weight is 490 g/mol. The Hall–Kier alpha value is -2.39. The van der Waals surface area contributed by atoms with E-state index < -0.39 is 8.32 Å². The zero-order valence-corrected chi connectivity index (χ0v) is 23.2. The van der Waals surface area contributed by atoms with Crippen molar-refractivity contribution in [3.05, 3.63) is 65.2 Å². The van der Waals surface area contributed by atoms with Crippen LogP contribution < -0.4 is 4.74 Å². The summed E-state index contributed by atoms with van der Waals surface area (Å²) in [7, 11) is -1.83. The highest BCUT2D eigenvalue weighted by molar-refractivity contribution is 7.18. The molecule has 1 aliphatic carbocycles. The second-order valence-electron chi connectivity index (χ2n) is 10.9. The molecule has 1 heterocycles. The van der Waals surface area contributed by atoms with Gasteiger partial charge in [0.2, 0.25) is 0 Å². The lowest BCUT2D eigenvalue weighted by atomic mass is 10.0. The summed E-state index contributed by atoms with van der Waals surface area (Å²) in [6.07, 6.45) is 2.34. The van der Waals surface area contributed by atoms with Crippen LogP contribution >= 0.6 is 11.3 Å². The number of rotatable bonds is 6. The molecular weight excluding hydrogens is 454 g/mol. The minimum atomic E-state index is -1.83. The van der Waals surface area contributed by atoms with E-state index in [-0.39, 0.29) is 17.2 Å². The first-order valence-electron chi connectivity index (χ1n) is 12.1. The van der Waals surface area contributed by atoms with Crippen LogP contribution in [0, 0.1) is 11.3 Å². The van der Waals surface area contributed by atoms with Crippen LogP contribution in [-0.2, 0) is 10.8 Å². The van der Waals surface area contributed by atoms with E-state index >= 15 is 0 Å². The van der Waals surface area contributed by atoms with E-state index in [9.17, 15) is 5.26 Å². The molecule has 0 N–H and O–H groups in total. The molecule has 3 nitrogen and oxygen atoms in total.